The van der Waals surface area contributed by atoms with Crippen molar-refractivity contribution in [1.82, 2.24) is 0 Å². The number of aliphatic imine (C=N–C) groups is 1. The van der Waals surface area contributed by atoms with Crippen LogP contribution in [0.2, 0.25) is 0 Å². The van der Waals surface area contributed by atoms with Crippen molar-refractivity contribution in [2.24, 2.45) is 27.1 Å². The highest BCUT2D eigenvalue weighted by molar-refractivity contribution is 5.84. The van der Waals surface area contributed by atoms with Crippen LogP contribution in [-0.2, 0) is 0 Å². The number of phenolic OH excluding ortho intramolecular Hbond substituents is 3. The predicted molar refractivity (Wildman–Crippen MR) is 194 cm³/mol. The van der Waals surface area contributed by atoms with Gasteiger partial charge in [0.25, 0.3) is 0 Å². The third kappa shape index (κ3) is 11.5. The molecule has 2 unspecified atom stereocenters. The minimum absolute atomic E-state index is 0. The fourth-order valence-electron chi connectivity index (χ4n) is 6.70. The molecule has 8 nitrogen and oxygen atoms in total. The minimum atomic E-state index is 0. The number of rotatable bonds is 6. The molecule has 3 aromatic rings. The van der Waals surface area contributed by atoms with E-state index in [1.807, 2.05) is 24.3 Å². The van der Waals surface area contributed by atoms with Crippen LogP contribution in [0.1, 0.15) is 131 Å². The summed E-state index contributed by atoms with van der Waals surface area (Å²) < 4.78 is 0. The van der Waals surface area contributed by atoms with E-state index in [-0.39, 0.29) is 18.9 Å². The number of phenols is 3. The number of para-hydroxylation sites is 1. The van der Waals surface area contributed by atoms with Crippen LogP contribution in [-0.4, -0.2) is 51.4 Å². The standard InChI is InChI=1S/C16H23NO.C12H15NO2.C10H13NO2.CH4/c1-11-7-12(2)9-14(8-11)15-6-4-5-13(10-17-3)16(15)18;14-12-7-10(9-3-1-2-4-9)5-6-11(12)8-13-15;1-7(2)8-3-4-10(12)9(5-8)6-11-13;/h4-6,10-12,14,18H,7-9H2,1-3H3;5-9,14-15H,1-4H2;3-7,12-13H,1-2H3;1H4/b;13-8+;11-6+;. The minimum Gasteiger partial charge on any atom is -0.507 e. The van der Waals surface area contributed by atoms with Gasteiger partial charge in [-0.2, -0.15) is 0 Å². The Morgan fingerprint density at radius 3 is 1.91 bits per heavy atom. The number of aromatic hydroxyl groups is 3. The topological polar surface area (TPSA) is 138 Å². The number of benzene rings is 3. The lowest BCUT2D eigenvalue weighted by molar-refractivity contribution is 0.265. The maximum atomic E-state index is 10.4. The third-order valence-corrected chi connectivity index (χ3v) is 8.98. The molecule has 5 rings (SSSR count). The maximum Gasteiger partial charge on any atom is 0.127 e. The summed E-state index contributed by atoms with van der Waals surface area (Å²) in [5.41, 5.74) is 5.33. The van der Waals surface area contributed by atoms with Gasteiger partial charge in [0.1, 0.15) is 17.2 Å². The van der Waals surface area contributed by atoms with Gasteiger partial charge >= 0.3 is 0 Å². The van der Waals surface area contributed by atoms with E-state index in [0.29, 0.717) is 34.6 Å². The smallest absolute Gasteiger partial charge is 0.127 e. The molecule has 8 heteroatoms. The number of oxime groups is 2. The van der Waals surface area contributed by atoms with E-state index in [4.69, 9.17) is 10.4 Å². The van der Waals surface area contributed by atoms with Crippen molar-refractivity contribution in [3.8, 4) is 17.2 Å². The molecular formula is C39H55N3O5. The monoisotopic (exact) mass is 645 g/mol. The van der Waals surface area contributed by atoms with Crippen LogP contribution in [0.25, 0.3) is 0 Å². The number of hydrogen-bond acceptors (Lipinski definition) is 8. The maximum absolute atomic E-state index is 10.4. The highest BCUT2D eigenvalue weighted by Gasteiger charge is 2.27. The molecule has 0 aliphatic heterocycles. The zero-order valence-corrected chi connectivity index (χ0v) is 27.8. The zero-order valence-electron chi connectivity index (χ0n) is 27.8. The average molecular weight is 646 g/mol. The van der Waals surface area contributed by atoms with Crippen LogP contribution in [0.5, 0.6) is 17.2 Å². The van der Waals surface area contributed by atoms with E-state index < -0.39 is 0 Å². The molecule has 0 saturated heterocycles. The van der Waals surface area contributed by atoms with Gasteiger partial charge in [0.2, 0.25) is 0 Å². The Morgan fingerprint density at radius 1 is 0.702 bits per heavy atom. The summed E-state index contributed by atoms with van der Waals surface area (Å²) in [5.74, 6) is 3.73. The molecule has 2 aliphatic carbocycles. The molecule has 47 heavy (non-hydrogen) atoms. The van der Waals surface area contributed by atoms with Gasteiger partial charge in [-0.3, -0.25) is 4.99 Å². The second-order valence-corrected chi connectivity index (χ2v) is 13.0. The highest BCUT2D eigenvalue weighted by Crippen LogP contribution is 2.42. The molecule has 0 bridgehead atoms. The van der Waals surface area contributed by atoms with E-state index in [2.05, 4.69) is 49.1 Å². The van der Waals surface area contributed by atoms with Crippen LogP contribution in [0, 0.1) is 11.8 Å². The first kappa shape index (κ1) is 38.9. The SMILES string of the molecule is C.CC(C)c1ccc(O)c(/C=N/O)c1.CN=Cc1cccc(C2CC(C)CC(C)C2)c1O.O/N=C/c1ccc(C2CCCC2)cc1O. The molecule has 0 heterocycles. The van der Waals surface area contributed by atoms with Gasteiger partial charge in [-0.15, -0.1) is 0 Å². The van der Waals surface area contributed by atoms with E-state index in [1.54, 1.807) is 37.5 Å². The van der Waals surface area contributed by atoms with Gasteiger partial charge in [0.05, 0.1) is 12.4 Å². The van der Waals surface area contributed by atoms with E-state index in [9.17, 15) is 15.3 Å². The molecule has 2 aliphatic rings. The quantitative estimate of drug-likeness (QED) is 0.103. The largest absolute Gasteiger partial charge is 0.507 e. The van der Waals surface area contributed by atoms with Crippen molar-refractivity contribution >= 4 is 18.6 Å². The van der Waals surface area contributed by atoms with E-state index in [0.717, 1.165) is 28.5 Å². The van der Waals surface area contributed by atoms with Gasteiger partial charge in [-0.25, -0.2) is 0 Å². The molecule has 5 N–H and O–H groups in total. The fourth-order valence-corrected chi connectivity index (χ4v) is 6.70. The second-order valence-electron chi connectivity index (χ2n) is 13.0. The van der Waals surface area contributed by atoms with Crippen LogP contribution < -0.4 is 0 Å². The Labute approximate surface area is 281 Å². The molecule has 2 atom stereocenters. The first-order chi connectivity index (χ1) is 22.1. The van der Waals surface area contributed by atoms with Crippen LogP contribution >= 0.6 is 0 Å². The van der Waals surface area contributed by atoms with Gasteiger partial charge in [-0.05, 0) is 109 Å². The van der Waals surface area contributed by atoms with Crippen molar-refractivity contribution in [2.45, 2.75) is 97.8 Å². The normalized spacial score (nSPS) is 19.7. The summed E-state index contributed by atoms with van der Waals surface area (Å²) in [4.78, 5) is 4.00. The Kier molecular flexibility index (Phi) is 16.0. The summed E-state index contributed by atoms with van der Waals surface area (Å²) in [5, 5.41) is 51.9. The highest BCUT2D eigenvalue weighted by atomic mass is 16.4. The summed E-state index contributed by atoms with van der Waals surface area (Å²) in [6, 6.07) is 16.9. The van der Waals surface area contributed by atoms with Crippen molar-refractivity contribution in [2.75, 3.05) is 7.05 Å². The fraction of sp³-hybridized carbons (Fsp3) is 0.462. The van der Waals surface area contributed by atoms with E-state index >= 15 is 0 Å². The zero-order chi connectivity index (χ0) is 33.6. The first-order valence-electron chi connectivity index (χ1n) is 16.3. The summed E-state index contributed by atoms with van der Waals surface area (Å²) in [6.07, 6.45) is 12.9. The van der Waals surface area contributed by atoms with Gasteiger partial charge in [0, 0.05) is 30.0 Å². The lowest BCUT2D eigenvalue weighted by Crippen LogP contribution is -2.18. The van der Waals surface area contributed by atoms with Crippen LogP contribution in [0.3, 0.4) is 0 Å². The second kappa shape index (κ2) is 19.4. The predicted octanol–water partition coefficient (Wildman–Crippen LogP) is 9.80. The van der Waals surface area contributed by atoms with Crippen molar-refractivity contribution < 1.29 is 25.7 Å². The molecule has 2 saturated carbocycles. The van der Waals surface area contributed by atoms with Crippen molar-refractivity contribution in [3.05, 3.63) is 88.0 Å². The Morgan fingerprint density at radius 2 is 1.34 bits per heavy atom. The summed E-state index contributed by atoms with van der Waals surface area (Å²) >= 11 is 0. The third-order valence-electron chi connectivity index (χ3n) is 8.98. The van der Waals surface area contributed by atoms with Crippen molar-refractivity contribution in [3.63, 3.8) is 0 Å². The lowest BCUT2D eigenvalue weighted by atomic mass is 9.73. The molecule has 3 aromatic carbocycles. The van der Waals surface area contributed by atoms with E-state index in [1.165, 1.54) is 62.9 Å². The number of hydrogen-bond donors (Lipinski definition) is 5. The van der Waals surface area contributed by atoms with Crippen LogP contribution in [0.15, 0.2) is 69.9 Å². The van der Waals surface area contributed by atoms with Crippen molar-refractivity contribution in [1.29, 1.82) is 0 Å². The average Bonchev–Trinajstić information content (AvgIpc) is 3.56. The summed E-state index contributed by atoms with van der Waals surface area (Å²) in [6.45, 7) is 8.76. The molecule has 0 aromatic heterocycles. The molecule has 0 amide bonds. The Bertz CT molecular complexity index is 1470. The van der Waals surface area contributed by atoms with Gasteiger partial charge < -0.3 is 25.7 Å². The molecule has 256 valence electrons. The lowest BCUT2D eigenvalue weighted by Gasteiger charge is -2.32. The van der Waals surface area contributed by atoms with Gasteiger partial charge in [0.15, 0.2) is 0 Å². The molecule has 2 fully saturated rings. The number of nitrogens with zero attached hydrogens (tertiary/aromatic N) is 3. The molecular weight excluding hydrogens is 590 g/mol. The van der Waals surface area contributed by atoms with Crippen LogP contribution in [0.4, 0.5) is 0 Å². The molecule has 0 radical (unpaired) electrons. The van der Waals surface area contributed by atoms with Gasteiger partial charge in [-0.1, -0.05) is 82.5 Å². The Hall–Kier alpha value is -4.33. The molecule has 0 spiro atoms. The first-order valence-corrected chi connectivity index (χ1v) is 16.3. The summed E-state index contributed by atoms with van der Waals surface area (Å²) in [7, 11) is 1.73. The Balaban J connectivity index is 0.000000246.